The van der Waals surface area contributed by atoms with Crippen molar-refractivity contribution in [1.82, 2.24) is 4.90 Å². The molecule has 2 heterocycles. The number of hydrogen-bond acceptors (Lipinski definition) is 2. The Morgan fingerprint density at radius 1 is 1.30 bits per heavy atom. The van der Waals surface area contributed by atoms with Crippen molar-refractivity contribution in [3.05, 3.63) is 41.3 Å². The molecule has 1 aliphatic rings. The van der Waals surface area contributed by atoms with Crippen LogP contribution in [0.4, 0.5) is 4.79 Å². The lowest BCUT2D eigenvalue weighted by Gasteiger charge is -2.45. The van der Waals surface area contributed by atoms with Gasteiger partial charge in [-0.05, 0) is 33.9 Å². The minimum atomic E-state index is -0.832. The van der Waals surface area contributed by atoms with Crippen molar-refractivity contribution in [3.8, 4) is 0 Å². The average Bonchev–Trinajstić information content (AvgIpc) is 2.88. The summed E-state index contributed by atoms with van der Waals surface area (Å²) in [5, 5.41) is 13.1. The Morgan fingerprint density at radius 2 is 2.00 bits per heavy atom. The van der Waals surface area contributed by atoms with E-state index in [4.69, 9.17) is 0 Å². The van der Waals surface area contributed by atoms with E-state index in [0.29, 0.717) is 6.54 Å². The van der Waals surface area contributed by atoms with Gasteiger partial charge in [0.1, 0.15) is 0 Å². The fourth-order valence-corrected chi connectivity index (χ4v) is 4.86. The van der Waals surface area contributed by atoms with Crippen molar-refractivity contribution in [2.24, 2.45) is 11.3 Å². The van der Waals surface area contributed by atoms with Crippen LogP contribution in [0.2, 0.25) is 0 Å². The van der Waals surface area contributed by atoms with Crippen LogP contribution >= 0.6 is 11.3 Å². The molecule has 23 heavy (non-hydrogen) atoms. The highest BCUT2D eigenvalue weighted by molar-refractivity contribution is 7.17. The van der Waals surface area contributed by atoms with Crippen LogP contribution in [0.25, 0.3) is 15.7 Å². The van der Waals surface area contributed by atoms with Gasteiger partial charge in [-0.1, -0.05) is 52.0 Å². The quantitative estimate of drug-likeness (QED) is 0.768. The van der Waals surface area contributed by atoms with Crippen LogP contribution in [0.5, 0.6) is 0 Å². The summed E-state index contributed by atoms with van der Waals surface area (Å²) in [6.45, 7) is 8.93. The van der Waals surface area contributed by atoms with Gasteiger partial charge in [0, 0.05) is 22.7 Å². The van der Waals surface area contributed by atoms with E-state index < -0.39 is 6.09 Å². The van der Waals surface area contributed by atoms with Crippen LogP contribution in [0, 0.1) is 11.3 Å². The van der Waals surface area contributed by atoms with Gasteiger partial charge < -0.3 is 5.11 Å². The molecule has 0 saturated heterocycles. The smallest absolute Gasteiger partial charge is 0.407 e. The Labute approximate surface area is 141 Å². The SMILES string of the molecule is CC1C=C(c2csc3ccccc23)CN(C(=O)O)C1C(C)(C)C. The summed E-state index contributed by atoms with van der Waals surface area (Å²) in [6.07, 6.45) is 1.44. The largest absolute Gasteiger partial charge is 0.465 e. The van der Waals surface area contributed by atoms with Gasteiger partial charge >= 0.3 is 6.09 Å². The number of carbonyl (C=O) groups is 1. The Balaban J connectivity index is 2.06. The first-order valence-corrected chi connectivity index (χ1v) is 8.84. The number of carboxylic acid groups (broad SMARTS) is 1. The van der Waals surface area contributed by atoms with Crippen molar-refractivity contribution in [2.75, 3.05) is 6.54 Å². The highest BCUT2D eigenvalue weighted by Gasteiger charge is 2.40. The Bertz CT molecular complexity index is 769. The third-order valence-electron chi connectivity index (χ3n) is 4.60. The van der Waals surface area contributed by atoms with Crippen LogP contribution in [0.1, 0.15) is 33.3 Å². The highest BCUT2D eigenvalue weighted by Crippen LogP contribution is 2.39. The van der Waals surface area contributed by atoms with Crippen molar-refractivity contribution in [3.63, 3.8) is 0 Å². The van der Waals surface area contributed by atoms with Gasteiger partial charge in [-0.3, -0.25) is 4.90 Å². The second-order valence-electron chi connectivity index (χ2n) is 7.42. The maximum Gasteiger partial charge on any atom is 0.407 e. The minimum Gasteiger partial charge on any atom is -0.465 e. The zero-order valence-electron chi connectivity index (χ0n) is 14.0. The highest BCUT2D eigenvalue weighted by atomic mass is 32.1. The standard InChI is InChI=1S/C19H23NO2S/c1-12-9-13(10-20(18(21)22)17(12)19(2,3)4)15-11-23-16-8-6-5-7-14(15)16/h5-9,11-12,17H,10H2,1-4H3,(H,21,22). The molecule has 0 saturated carbocycles. The Hall–Kier alpha value is -1.81. The lowest BCUT2D eigenvalue weighted by molar-refractivity contribution is 0.0685. The predicted octanol–water partition coefficient (Wildman–Crippen LogP) is 5.33. The first-order chi connectivity index (χ1) is 10.8. The molecule has 4 heteroatoms. The molecule has 3 rings (SSSR count). The normalized spacial score (nSPS) is 22.3. The molecule has 1 amide bonds. The topological polar surface area (TPSA) is 40.5 Å². The lowest BCUT2D eigenvalue weighted by Crippen LogP contribution is -2.52. The van der Waals surface area contributed by atoms with E-state index in [-0.39, 0.29) is 17.4 Å². The zero-order chi connectivity index (χ0) is 16.8. The molecule has 0 aliphatic carbocycles. The van der Waals surface area contributed by atoms with Crippen LogP contribution in [0.15, 0.2) is 35.7 Å². The van der Waals surface area contributed by atoms with E-state index >= 15 is 0 Å². The Morgan fingerprint density at radius 3 is 2.65 bits per heavy atom. The molecular formula is C19H23NO2S. The molecule has 2 unspecified atom stereocenters. The number of nitrogens with zero attached hydrogens (tertiary/aromatic N) is 1. The molecule has 1 aromatic heterocycles. The van der Waals surface area contributed by atoms with Gasteiger partial charge in [-0.25, -0.2) is 4.79 Å². The molecule has 0 spiro atoms. The van der Waals surface area contributed by atoms with E-state index in [1.54, 1.807) is 16.2 Å². The maximum absolute atomic E-state index is 11.8. The van der Waals surface area contributed by atoms with Gasteiger partial charge in [0.2, 0.25) is 0 Å². The lowest BCUT2D eigenvalue weighted by atomic mass is 9.75. The number of fused-ring (bicyclic) bond motifs is 1. The van der Waals surface area contributed by atoms with Gasteiger partial charge in [-0.15, -0.1) is 11.3 Å². The van der Waals surface area contributed by atoms with Crippen molar-refractivity contribution in [2.45, 2.75) is 33.7 Å². The molecule has 0 fully saturated rings. The van der Waals surface area contributed by atoms with E-state index in [2.05, 4.69) is 51.3 Å². The third-order valence-corrected chi connectivity index (χ3v) is 5.56. The molecule has 122 valence electrons. The first kappa shape index (κ1) is 16.1. The van der Waals surface area contributed by atoms with Crippen molar-refractivity contribution < 1.29 is 9.90 Å². The fraction of sp³-hybridized carbons (Fsp3) is 0.421. The van der Waals surface area contributed by atoms with Crippen molar-refractivity contribution >= 4 is 33.1 Å². The molecule has 0 bridgehead atoms. The summed E-state index contributed by atoms with van der Waals surface area (Å²) >= 11 is 1.72. The van der Waals surface area contributed by atoms with Gasteiger partial charge in [0.05, 0.1) is 0 Å². The van der Waals surface area contributed by atoms with Gasteiger partial charge in [-0.2, -0.15) is 0 Å². The van der Waals surface area contributed by atoms with Gasteiger partial charge in [0.25, 0.3) is 0 Å². The molecule has 2 atom stereocenters. The second kappa shape index (κ2) is 5.68. The van der Waals surface area contributed by atoms with E-state index in [9.17, 15) is 9.90 Å². The Kier molecular flexibility index (Phi) is 3.96. The van der Waals surface area contributed by atoms with E-state index in [0.717, 1.165) is 5.57 Å². The molecule has 1 aromatic carbocycles. The van der Waals surface area contributed by atoms with E-state index in [1.807, 2.05) is 12.1 Å². The molecule has 1 aliphatic heterocycles. The summed E-state index contributed by atoms with van der Waals surface area (Å²) in [4.78, 5) is 13.5. The fourth-order valence-electron chi connectivity index (χ4n) is 3.87. The summed E-state index contributed by atoms with van der Waals surface area (Å²) in [5.74, 6) is 0.188. The zero-order valence-corrected chi connectivity index (χ0v) is 14.9. The number of benzene rings is 1. The molecular weight excluding hydrogens is 306 g/mol. The average molecular weight is 329 g/mol. The monoisotopic (exact) mass is 329 g/mol. The maximum atomic E-state index is 11.8. The third kappa shape index (κ3) is 2.88. The number of amides is 1. The van der Waals surface area contributed by atoms with Crippen LogP contribution in [-0.4, -0.2) is 28.7 Å². The number of thiophene rings is 1. The summed E-state index contributed by atoms with van der Waals surface area (Å²) in [6, 6.07) is 8.31. The molecule has 0 radical (unpaired) electrons. The summed E-state index contributed by atoms with van der Waals surface area (Å²) < 4.78 is 1.25. The predicted molar refractivity (Wildman–Crippen MR) is 96.9 cm³/mol. The number of rotatable bonds is 1. The van der Waals surface area contributed by atoms with Gasteiger partial charge in [0.15, 0.2) is 0 Å². The molecule has 3 nitrogen and oxygen atoms in total. The van der Waals surface area contributed by atoms with Crippen LogP contribution in [0.3, 0.4) is 0 Å². The molecule has 1 N–H and O–H groups in total. The van der Waals surface area contributed by atoms with Crippen molar-refractivity contribution in [1.29, 1.82) is 0 Å². The first-order valence-electron chi connectivity index (χ1n) is 7.96. The minimum absolute atomic E-state index is 0.00588. The number of hydrogen-bond donors (Lipinski definition) is 1. The molecule has 2 aromatic rings. The summed E-state index contributed by atoms with van der Waals surface area (Å²) in [5.41, 5.74) is 2.21. The van der Waals surface area contributed by atoms with Crippen LogP contribution < -0.4 is 0 Å². The van der Waals surface area contributed by atoms with E-state index in [1.165, 1.54) is 15.6 Å². The second-order valence-corrected chi connectivity index (χ2v) is 8.33. The summed E-state index contributed by atoms with van der Waals surface area (Å²) in [7, 11) is 0. The van der Waals surface area contributed by atoms with Crippen LogP contribution in [-0.2, 0) is 0 Å².